The summed E-state index contributed by atoms with van der Waals surface area (Å²) in [5.41, 5.74) is 3.69. The van der Waals surface area contributed by atoms with Crippen molar-refractivity contribution in [3.8, 4) is 0 Å². The minimum absolute atomic E-state index is 0.284. The SMILES string of the molecule is CCc1cc(C(Cc2cccc(Br)c2)NC)n(C)n1. The van der Waals surface area contributed by atoms with Crippen molar-refractivity contribution in [2.75, 3.05) is 7.05 Å². The van der Waals surface area contributed by atoms with Gasteiger partial charge in [-0.3, -0.25) is 4.68 Å². The van der Waals surface area contributed by atoms with E-state index < -0.39 is 0 Å². The molecule has 1 atom stereocenters. The van der Waals surface area contributed by atoms with Crippen LogP contribution >= 0.6 is 15.9 Å². The Morgan fingerprint density at radius 2 is 2.16 bits per heavy atom. The van der Waals surface area contributed by atoms with Crippen LogP contribution in [0.5, 0.6) is 0 Å². The molecule has 0 saturated carbocycles. The first-order valence-electron chi connectivity index (χ1n) is 6.58. The van der Waals surface area contributed by atoms with Gasteiger partial charge in [0, 0.05) is 11.5 Å². The number of hydrogen-bond acceptors (Lipinski definition) is 2. The Kier molecular flexibility index (Phi) is 4.77. The molecule has 0 spiro atoms. The van der Waals surface area contributed by atoms with E-state index in [0.29, 0.717) is 0 Å². The van der Waals surface area contributed by atoms with Gasteiger partial charge >= 0.3 is 0 Å². The summed E-state index contributed by atoms with van der Waals surface area (Å²) in [6, 6.07) is 10.9. The Morgan fingerprint density at radius 3 is 2.74 bits per heavy atom. The lowest BCUT2D eigenvalue weighted by atomic mass is 10.0. The third-order valence-corrected chi connectivity index (χ3v) is 3.86. The summed E-state index contributed by atoms with van der Waals surface area (Å²) in [7, 11) is 4.01. The minimum Gasteiger partial charge on any atom is -0.311 e. The molecule has 0 aliphatic rings. The molecule has 1 heterocycles. The van der Waals surface area contributed by atoms with Crippen molar-refractivity contribution < 1.29 is 0 Å². The number of rotatable bonds is 5. The number of aryl methyl sites for hydroxylation is 2. The normalized spacial score (nSPS) is 12.6. The van der Waals surface area contributed by atoms with Crippen molar-refractivity contribution in [3.63, 3.8) is 0 Å². The Morgan fingerprint density at radius 1 is 1.37 bits per heavy atom. The van der Waals surface area contributed by atoms with E-state index in [1.807, 2.05) is 18.8 Å². The van der Waals surface area contributed by atoms with Crippen LogP contribution in [-0.2, 0) is 19.9 Å². The van der Waals surface area contributed by atoms with Gasteiger partial charge in [0.2, 0.25) is 0 Å². The second kappa shape index (κ2) is 6.35. The minimum atomic E-state index is 0.284. The quantitative estimate of drug-likeness (QED) is 0.916. The Balaban J connectivity index is 2.22. The molecule has 3 nitrogen and oxygen atoms in total. The van der Waals surface area contributed by atoms with E-state index in [4.69, 9.17) is 0 Å². The third-order valence-electron chi connectivity index (χ3n) is 3.36. The maximum atomic E-state index is 4.52. The van der Waals surface area contributed by atoms with Crippen LogP contribution in [0.2, 0.25) is 0 Å². The number of aromatic nitrogens is 2. The van der Waals surface area contributed by atoms with E-state index in [1.165, 1.54) is 11.3 Å². The monoisotopic (exact) mass is 321 g/mol. The highest BCUT2D eigenvalue weighted by Crippen LogP contribution is 2.21. The summed E-state index contributed by atoms with van der Waals surface area (Å²) < 4.78 is 3.11. The van der Waals surface area contributed by atoms with Gasteiger partial charge in [-0.05, 0) is 43.7 Å². The zero-order valence-electron chi connectivity index (χ0n) is 11.7. The molecule has 1 unspecified atom stereocenters. The number of nitrogens with one attached hydrogen (secondary N) is 1. The summed E-state index contributed by atoms with van der Waals surface area (Å²) in [5.74, 6) is 0. The van der Waals surface area contributed by atoms with E-state index in [1.54, 1.807) is 0 Å². The number of benzene rings is 1. The Bertz CT molecular complexity index is 548. The highest BCUT2D eigenvalue weighted by molar-refractivity contribution is 9.10. The molecule has 0 saturated heterocycles. The molecule has 102 valence electrons. The molecule has 1 aromatic carbocycles. The smallest absolute Gasteiger partial charge is 0.0625 e. The molecular formula is C15H20BrN3. The summed E-state index contributed by atoms with van der Waals surface area (Å²) in [6.45, 7) is 2.13. The Hall–Kier alpha value is -1.13. The van der Waals surface area contributed by atoms with Gasteiger partial charge in [0.05, 0.1) is 17.4 Å². The molecule has 2 aromatic rings. The van der Waals surface area contributed by atoms with Crippen LogP contribution in [0, 0.1) is 0 Å². The molecule has 2 rings (SSSR count). The van der Waals surface area contributed by atoms with Crippen LogP contribution in [0.1, 0.15) is 29.9 Å². The van der Waals surface area contributed by atoms with Crippen LogP contribution in [0.15, 0.2) is 34.8 Å². The summed E-state index contributed by atoms with van der Waals surface area (Å²) in [6.07, 6.45) is 1.93. The number of halogens is 1. The molecule has 0 amide bonds. The summed E-state index contributed by atoms with van der Waals surface area (Å²) in [4.78, 5) is 0. The van der Waals surface area contributed by atoms with Crippen molar-refractivity contribution >= 4 is 15.9 Å². The van der Waals surface area contributed by atoms with Gasteiger partial charge in [0.1, 0.15) is 0 Å². The van der Waals surface area contributed by atoms with Crippen molar-refractivity contribution in [1.82, 2.24) is 15.1 Å². The lowest BCUT2D eigenvalue weighted by molar-refractivity contribution is 0.536. The fourth-order valence-corrected chi connectivity index (χ4v) is 2.74. The van der Waals surface area contributed by atoms with Crippen LogP contribution in [-0.4, -0.2) is 16.8 Å². The predicted octanol–water partition coefficient (Wildman–Crippen LogP) is 3.25. The highest BCUT2D eigenvalue weighted by Gasteiger charge is 2.15. The largest absolute Gasteiger partial charge is 0.311 e. The first kappa shape index (κ1) is 14.3. The number of nitrogens with zero attached hydrogens (tertiary/aromatic N) is 2. The van der Waals surface area contributed by atoms with Gasteiger partial charge < -0.3 is 5.32 Å². The maximum Gasteiger partial charge on any atom is 0.0625 e. The molecule has 1 N–H and O–H groups in total. The van der Waals surface area contributed by atoms with Crippen molar-refractivity contribution in [2.45, 2.75) is 25.8 Å². The van der Waals surface area contributed by atoms with Gasteiger partial charge in [0.25, 0.3) is 0 Å². The van der Waals surface area contributed by atoms with E-state index in [0.717, 1.165) is 23.0 Å². The second-order valence-electron chi connectivity index (χ2n) is 4.71. The summed E-state index contributed by atoms with van der Waals surface area (Å²) >= 11 is 3.52. The van der Waals surface area contributed by atoms with E-state index in [2.05, 4.69) is 63.6 Å². The van der Waals surface area contributed by atoms with Crippen molar-refractivity contribution in [1.29, 1.82) is 0 Å². The van der Waals surface area contributed by atoms with Crippen molar-refractivity contribution in [3.05, 3.63) is 51.8 Å². The average molecular weight is 322 g/mol. The first-order valence-corrected chi connectivity index (χ1v) is 7.37. The van der Waals surface area contributed by atoms with Gasteiger partial charge in [-0.15, -0.1) is 0 Å². The van der Waals surface area contributed by atoms with Gasteiger partial charge in [-0.25, -0.2) is 0 Å². The van der Waals surface area contributed by atoms with Crippen LogP contribution in [0.25, 0.3) is 0 Å². The molecule has 19 heavy (non-hydrogen) atoms. The molecule has 1 aromatic heterocycles. The van der Waals surface area contributed by atoms with Crippen LogP contribution in [0.4, 0.5) is 0 Å². The summed E-state index contributed by atoms with van der Waals surface area (Å²) in [5, 5.41) is 7.91. The molecule has 0 radical (unpaired) electrons. The Labute approximate surface area is 123 Å². The van der Waals surface area contributed by atoms with E-state index in [-0.39, 0.29) is 6.04 Å². The third kappa shape index (κ3) is 3.45. The topological polar surface area (TPSA) is 29.9 Å². The molecular weight excluding hydrogens is 302 g/mol. The lowest BCUT2D eigenvalue weighted by Gasteiger charge is -2.16. The predicted molar refractivity (Wildman–Crippen MR) is 82.2 cm³/mol. The lowest BCUT2D eigenvalue weighted by Crippen LogP contribution is -2.21. The fraction of sp³-hybridized carbons (Fsp3) is 0.400. The molecule has 0 aliphatic heterocycles. The molecule has 0 bridgehead atoms. The standard InChI is InChI=1S/C15H20BrN3/c1-4-13-10-15(19(3)18-13)14(17-2)9-11-6-5-7-12(16)8-11/h5-8,10,14,17H,4,9H2,1-3H3. The maximum absolute atomic E-state index is 4.52. The molecule has 0 aliphatic carbocycles. The highest BCUT2D eigenvalue weighted by atomic mass is 79.9. The molecule has 4 heteroatoms. The zero-order chi connectivity index (χ0) is 13.8. The van der Waals surface area contributed by atoms with Crippen molar-refractivity contribution in [2.24, 2.45) is 7.05 Å². The first-order chi connectivity index (χ1) is 9.13. The van der Waals surface area contributed by atoms with Crippen LogP contribution < -0.4 is 5.32 Å². The number of hydrogen-bond donors (Lipinski definition) is 1. The zero-order valence-corrected chi connectivity index (χ0v) is 13.2. The number of likely N-dealkylation sites (N-methyl/N-ethyl adjacent to an activating group) is 1. The van der Waals surface area contributed by atoms with E-state index >= 15 is 0 Å². The van der Waals surface area contributed by atoms with Gasteiger partial charge in [-0.2, -0.15) is 5.10 Å². The van der Waals surface area contributed by atoms with Crippen LogP contribution in [0.3, 0.4) is 0 Å². The fourth-order valence-electron chi connectivity index (χ4n) is 2.30. The van der Waals surface area contributed by atoms with Gasteiger partial charge in [0.15, 0.2) is 0 Å². The van der Waals surface area contributed by atoms with Gasteiger partial charge in [-0.1, -0.05) is 35.0 Å². The molecule has 0 fully saturated rings. The average Bonchev–Trinajstić information content (AvgIpc) is 2.77. The van der Waals surface area contributed by atoms with E-state index in [9.17, 15) is 0 Å². The second-order valence-corrected chi connectivity index (χ2v) is 5.63.